The highest BCUT2D eigenvalue weighted by molar-refractivity contribution is 6.04. The smallest absolute Gasteiger partial charge is 0.317 e. The summed E-state index contributed by atoms with van der Waals surface area (Å²) in [6.45, 7) is 3.12. The molecule has 0 bridgehead atoms. The van der Waals surface area contributed by atoms with Crippen LogP contribution in [0.4, 0.5) is 10.5 Å². The zero-order valence-corrected chi connectivity index (χ0v) is 19.1. The van der Waals surface area contributed by atoms with Gasteiger partial charge in [0.1, 0.15) is 0 Å². The van der Waals surface area contributed by atoms with E-state index in [1.165, 1.54) is 25.5 Å². The van der Waals surface area contributed by atoms with Gasteiger partial charge in [0.2, 0.25) is 0 Å². The van der Waals surface area contributed by atoms with E-state index in [-0.39, 0.29) is 29.6 Å². The van der Waals surface area contributed by atoms with Gasteiger partial charge in [0.25, 0.3) is 11.8 Å². The number of carbonyl (C=O) groups excluding carboxylic acids is 3. The predicted molar refractivity (Wildman–Crippen MR) is 125 cm³/mol. The van der Waals surface area contributed by atoms with Crippen molar-refractivity contribution in [2.75, 3.05) is 18.4 Å². The highest BCUT2D eigenvalue weighted by Gasteiger charge is 2.26. The molecule has 4 amide bonds. The Balaban J connectivity index is 1.28. The highest BCUT2D eigenvalue weighted by atomic mass is 16.3. The number of urea groups is 1. The third-order valence-electron chi connectivity index (χ3n) is 6.54. The number of hydrogen-bond donors (Lipinski definition) is 3. The third-order valence-corrected chi connectivity index (χ3v) is 6.54. The van der Waals surface area contributed by atoms with E-state index in [2.05, 4.69) is 16.0 Å². The number of rotatable bonds is 5. The lowest BCUT2D eigenvalue weighted by Gasteiger charge is -2.34. The van der Waals surface area contributed by atoms with Crippen molar-refractivity contribution in [3.8, 4) is 0 Å². The minimum absolute atomic E-state index is 0.0127. The number of amides is 4. The van der Waals surface area contributed by atoms with E-state index in [0.717, 1.165) is 31.2 Å². The molecule has 176 valence electrons. The van der Waals surface area contributed by atoms with Gasteiger partial charge in [-0.05, 0) is 62.4 Å². The Morgan fingerprint density at radius 2 is 1.64 bits per heavy atom. The molecule has 2 heterocycles. The largest absolute Gasteiger partial charge is 0.459 e. The van der Waals surface area contributed by atoms with Gasteiger partial charge in [0.15, 0.2) is 5.76 Å². The number of nitrogens with one attached hydrogen (secondary N) is 3. The second-order valence-electron chi connectivity index (χ2n) is 8.98. The van der Waals surface area contributed by atoms with E-state index in [0.29, 0.717) is 30.4 Å². The van der Waals surface area contributed by atoms with Crippen molar-refractivity contribution in [2.45, 2.75) is 64.0 Å². The standard InChI is InChI=1S/C25H32N4O4/c1-17-9-10-18(16-21(17)28-24(31)22-8-5-15-33-22)23(30)26-20-11-13-29(14-12-20)25(32)27-19-6-3-2-4-7-19/h5,8-10,15-16,19-20H,2-4,6-7,11-14H2,1H3,(H,26,30)(H,27,32)(H,28,31). The van der Waals surface area contributed by atoms with E-state index in [1.54, 1.807) is 24.3 Å². The molecular weight excluding hydrogens is 420 g/mol. The summed E-state index contributed by atoms with van der Waals surface area (Å²) in [6, 6.07) is 8.80. The maximum absolute atomic E-state index is 12.8. The molecule has 0 spiro atoms. The van der Waals surface area contributed by atoms with Crippen LogP contribution in [0.3, 0.4) is 0 Å². The monoisotopic (exact) mass is 452 g/mol. The fourth-order valence-electron chi connectivity index (χ4n) is 4.50. The third kappa shape index (κ3) is 5.94. The van der Waals surface area contributed by atoms with E-state index >= 15 is 0 Å². The van der Waals surface area contributed by atoms with Crippen LogP contribution < -0.4 is 16.0 Å². The fraction of sp³-hybridized carbons (Fsp3) is 0.480. The van der Waals surface area contributed by atoms with Crippen LogP contribution >= 0.6 is 0 Å². The molecule has 4 rings (SSSR count). The molecule has 1 aromatic heterocycles. The molecule has 1 saturated heterocycles. The number of nitrogens with zero attached hydrogens (tertiary/aromatic N) is 1. The molecule has 1 saturated carbocycles. The van der Waals surface area contributed by atoms with Gasteiger partial charge in [0.05, 0.1) is 6.26 Å². The molecule has 33 heavy (non-hydrogen) atoms. The molecule has 2 fully saturated rings. The summed E-state index contributed by atoms with van der Waals surface area (Å²) in [7, 11) is 0. The van der Waals surface area contributed by atoms with Crippen molar-refractivity contribution >= 4 is 23.5 Å². The second-order valence-corrected chi connectivity index (χ2v) is 8.98. The van der Waals surface area contributed by atoms with Gasteiger partial charge in [-0.2, -0.15) is 0 Å². The Bertz CT molecular complexity index is 974. The summed E-state index contributed by atoms with van der Waals surface area (Å²) in [5.41, 5.74) is 1.90. The molecule has 0 radical (unpaired) electrons. The molecule has 1 aliphatic heterocycles. The van der Waals surface area contributed by atoms with E-state index < -0.39 is 0 Å². The Morgan fingerprint density at radius 3 is 2.33 bits per heavy atom. The first kappa shape index (κ1) is 22.9. The number of furan rings is 1. The minimum atomic E-state index is -0.362. The molecule has 1 aliphatic carbocycles. The van der Waals surface area contributed by atoms with E-state index in [9.17, 15) is 14.4 Å². The van der Waals surface area contributed by atoms with Crippen molar-refractivity contribution in [1.82, 2.24) is 15.5 Å². The number of likely N-dealkylation sites (tertiary alicyclic amines) is 1. The van der Waals surface area contributed by atoms with Gasteiger partial charge in [0, 0.05) is 36.4 Å². The van der Waals surface area contributed by atoms with Crippen LogP contribution in [0.25, 0.3) is 0 Å². The minimum Gasteiger partial charge on any atom is -0.459 e. The lowest BCUT2D eigenvalue weighted by Crippen LogP contribution is -2.51. The van der Waals surface area contributed by atoms with Crippen LogP contribution in [-0.4, -0.2) is 47.9 Å². The van der Waals surface area contributed by atoms with E-state index in [4.69, 9.17) is 4.42 Å². The molecule has 2 aliphatic rings. The molecule has 8 nitrogen and oxygen atoms in total. The Hall–Kier alpha value is -3.29. The first-order chi connectivity index (χ1) is 16.0. The van der Waals surface area contributed by atoms with Crippen LogP contribution in [0.1, 0.15) is 71.4 Å². The number of carbonyl (C=O) groups is 3. The molecule has 8 heteroatoms. The highest BCUT2D eigenvalue weighted by Crippen LogP contribution is 2.20. The van der Waals surface area contributed by atoms with Crippen molar-refractivity contribution in [3.63, 3.8) is 0 Å². The number of hydrogen-bond acceptors (Lipinski definition) is 4. The summed E-state index contributed by atoms with van der Waals surface area (Å²) in [5, 5.41) is 9.04. The number of piperidine rings is 1. The summed E-state index contributed by atoms with van der Waals surface area (Å²) < 4.78 is 5.13. The average Bonchev–Trinajstić information content (AvgIpc) is 3.37. The number of anilines is 1. The predicted octanol–water partition coefficient (Wildman–Crippen LogP) is 4.08. The SMILES string of the molecule is Cc1ccc(C(=O)NC2CCN(C(=O)NC3CCCCC3)CC2)cc1NC(=O)c1ccco1. The van der Waals surface area contributed by atoms with Crippen molar-refractivity contribution in [2.24, 2.45) is 0 Å². The molecule has 2 aromatic rings. The van der Waals surface area contributed by atoms with Gasteiger partial charge < -0.3 is 25.3 Å². The first-order valence-electron chi connectivity index (χ1n) is 11.8. The van der Waals surface area contributed by atoms with Gasteiger partial charge in [-0.25, -0.2) is 4.79 Å². The van der Waals surface area contributed by atoms with Crippen molar-refractivity contribution in [3.05, 3.63) is 53.5 Å². The molecule has 1 aromatic carbocycles. The van der Waals surface area contributed by atoms with Gasteiger partial charge in [-0.15, -0.1) is 0 Å². The van der Waals surface area contributed by atoms with Crippen LogP contribution in [0.2, 0.25) is 0 Å². The Kier molecular flexibility index (Phi) is 7.32. The zero-order chi connectivity index (χ0) is 23.2. The maximum atomic E-state index is 12.8. The van der Waals surface area contributed by atoms with Crippen molar-refractivity contribution < 1.29 is 18.8 Å². The van der Waals surface area contributed by atoms with Crippen LogP contribution in [0.15, 0.2) is 41.0 Å². The molecule has 3 N–H and O–H groups in total. The van der Waals surface area contributed by atoms with Gasteiger partial charge in [-0.3, -0.25) is 9.59 Å². The second kappa shape index (κ2) is 10.6. The lowest BCUT2D eigenvalue weighted by atomic mass is 9.95. The molecule has 0 unspecified atom stereocenters. The number of aryl methyl sites for hydroxylation is 1. The van der Waals surface area contributed by atoms with Gasteiger partial charge in [-0.1, -0.05) is 25.3 Å². The molecule has 0 atom stereocenters. The summed E-state index contributed by atoms with van der Waals surface area (Å²) in [6.07, 6.45) is 8.65. The van der Waals surface area contributed by atoms with Crippen LogP contribution in [0.5, 0.6) is 0 Å². The fourth-order valence-corrected chi connectivity index (χ4v) is 4.50. The van der Waals surface area contributed by atoms with Crippen LogP contribution in [0, 0.1) is 6.92 Å². The van der Waals surface area contributed by atoms with E-state index in [1.807, 2.05) is 17.9 Å². The quantitative estimate of drug-likeness (QED) is 0.636. The Morgan fingerprint density at radius 1 is 0.909 bits per heavy atom. The number of benzene rings is 1. The van der Waals surface area contributed by atoms with Gasteiger partial charge >= 0.3 is 6.03 Å². The summed E-state index contributed by atoms with van der Waals surface area (Å²) in [4.78, 5) is 39.5. The average molecular weight is 453 g/mol. The van der Waals surface area contributed by atoms with Crippen LogP contribution in [-0.2, 0) is 0 Å². The topological polar surface area (TPSA) is 104 Å². The lowest BCUT2D eigenvalue weighted by molar-refractivity contribution is 0.0916. The summed E-state index contributed by atoms with van der Waals surface area (Å²) in [5.74, 6) is -0.336. The van der Waals surface area contributed by atoms with Crippen molar-refractivity contribution in [1.29, 1.82) is 0 Å². The zero-order valence-electron chi connectivity index (χ0n) is 19.1. The Labute approximate surface area is 194 Å². The maximum Gasteiger partial charge on any atom is 0.317 e. The molecular formula is C25H32N4O4. The summed E-state index contributed by atoms with van der Waals surface area (Å²) >= 11 is 0. The first-order valence-corrected chi connectivity index (χ1v) is 11.8. The normalized spacial score (nSPS) is 17.4.